The first-order chi connectivity index (χ1) is 13.9. The maximum absolute atomic E-state index is 14.6. The van der Waals surface area contributed by atoms with Crippen LogP contribution in [0.3, 0.4) is 0 Å². The van der Waals surface area contributed by atoms with Crippen LogP contribution in [0.25, 0.3) is 0 Å². The van der Waals surface area contributed by atoms with E-state index < -0.39 is 32.6 Å². The normalized spacial score (nSPS) is 23.2. The molecule has 1 aliphatic heterocycles. The van der Waals surface area contributed by atoms with E-state index in [2.05, 4.69) is 25.3 Å². The zero-order chi connectivity index (χ0) is 22.3. The third kappa shape index (κ3) is 3.80. The minimum atomic E-state index is -3.25. The molecule has 0 bridgehead atoms. The maximum Gasteiger partial charge on any atom is 0.277 e. The number of amides is 1. The van der Waals surface area contributed by atoms with Gasteiger partial charge in [0.05, 0.1) is 25.3 Å². The quantitative estimate of drug-likeness (QED) is 0.567. The Morgan fingerprint density at radius 3 is 2.53 bits per heavy atom. The molecule has 10 nitrogen and oxygen atoms in total. The number of nitrogens with two attached hydrogens (primary N) is 1. The third-order valence-corrected chi connectivity index (χ3v) is 7.76. The Morgan fingerprint density at radius 2 is 1.97 bits per heavy atom. The second kappa shape index (κ2) is 7.45. The standard InChI is InChI=1S/C18H23FN6O4S/c1-17(2)16(20)25-18(3,9-30(17,27)28)14-10(19)5-6-12(23-14)24-15(26)11-7-22-13(29-4)8-21-11/h5-8,27-28H,9H2,1-4H3,(H2,20,25)(H,23,24,26). The van der Waals surface area contributed by atoms with Crippen LogP contribution in [0.1, 0.15) is 37.0 Å². The van der Waals surface area contributed by atoms with Gasteiger partial charge in [-0.3, -0.25) is 18.9 Å². The topological polar surface area (TPSA) is 156 Å². The van der Waals surface area contributed by atoms with Gasteiger partial charge in [-0.1, -0.05) is 0 Å². The minimum Gasteiger partial charge on any atom is -0.480 e. The average Bonchev–Trinajstić information content (AvgIpc) is 2.67. The molecule has 0 aliphatic carbocycles. The Kier molecular flexibility index (Phi) is 5.43. The highest BCUT2D eigenvalue weighted by Crippen LogP contribution is 2.59. The molecular weight excluding hydrogens is 415 g/mol. The van der Waals surface area contributed by atoms with Crippen molar-refractivity contribution in [1.29, 1.82) is 0 Å². The van der Waals surface area contributed by atoms with Gasteiger partial charge in [-0.25, -0.2) is 19.3 Å². The monoisotopic (exact) mass is 438 g/mol. The van der Waals surface area contributed by atoms with Crippen molar-refractivity contribution in [3.63, 3.8) is 0 Å². The fourth-order valence-electron chi connectivity index (χ4n) is 2.90. The van der Waals surface area contributed by atoms with Gasteiger partial charge in [-0.05, 0) is 32.9 Å². The summed E-state index contributed by atoms with van der Waals surface area (Å²) >= 11 is 0. The summed E-state index contributed by atoms with van der Waals surface area (Å²) in [7, 11) is -1.83. The van der Waals surface area contributed by atoms with Crippen LogP contribution in [0.5, 0.6) is 5.88 Å². The van der Waals surface area contributed by atoms with E-state index in [0.29, 0.717) is 0 Å². The molecule has 2 aromatic rings. The van der Waals surface area contributed by atoms with Gasteiger partial charge in [0.15, 0.2) is 0 Å². The van der Waals surface area contributed by atoms with Crippen molar-refractivity contribution in [2.45, 2.75) is 31.1 Å². The first-order valence-corrected chi connectivity index (χ1v) is 10.6. The SMILES string of the molecule is COc1cnc(C(=O)Nc2ccc(F)c(C3(C)CS(O)(O)C(C)(C)C(N)=N3)n2)cn1. The molecule has 0 radical (unpaired) electrons. The van der Waals surface area contributed by atoms with Crippen molar-refractivity contribution in [3.05, 3.63) is 41.7 Å². The Balaban J connectivity index is 1.93. The van der Waals surface area contributed by atoms with E-state index in [0.717, 1.165) is 6.07 Å². The molecule has 30 heavy (non-hydrogen) atoms. The molecule has 0 spiro atoms. The van der Waals surface area contributed by atoms with Crippen LogP contribution >= 0.6 is 10.6 Å². The van der Waals surface area contributed by atoms with Crippen LogP contribution in [-0.4, -0.2) is 53.4 Å². The molecule has 162 valence electrons. The smallest absolute Gasteiger partial charge is 0.277 e. The number of rotatable bonds is 4. The van der Waals surface area contributed by atoms with Crippen LogP contribution in [0.4, 0.5) is 10.2 Å². The lowest BCUT2D eigenvalue weighted by atomic mass is 9.98. The number of ether oxygens (including phenoxy) is 1. The number of aromatic nitrogens is 3. The number of anilines is 1. The molecule has 1 atom stereocenters. The van der Waals surface area contributed by atoms with E-state index in [9.17, 15) is 18.3 Å². The van der Waals surface area contributed by atoms with Crippen LogP contribution in [0, 0.1) is 5.82 Å². The number of carbonyl (C=O) groups is 1. The molecule has 12 heteroatoms. The number of pyridine rings is 1. The van der Waals surface area contributed by atoms with E-state index >= 15 is 0 Å². The van der Waals surface area contributed by atoms with E-state index in [1.54, 1.807) is 13.8 Å². The van der Waals surface area contributed by atoms with Crippen LogP contribution in [0.15, 0.2) is 29.5 Å². The van der Waals surface area contributed by atoms with Crippen LogP contribution in [0.2, 0.25) is 0 Å². The van der Waals surface area contributed by atoms with Gasteiger partial charge in [-0.15, -0.1) is 0 Å². The number of halogens is 1. The van der Waals surface area contributed by atoms with E-state index in [4.69, 9.17) is 10.5 Å². The number of methoxy groups -OCH3 is 1. The highest BCUT2D eigenvalue weighted by atomic mass is 32.3. The largest absolute Gasteiger partial charge is 0.480 e. The molecule has 1 unspecified atom stereocenters. The summed E-state index contributed by atoms with van der Waals surface area (Å²) in [5, 5.41) is 2.51. The molecule has 5 N–H and O–H groups in total. The summed E-state index contributed by atoms with van der Waals surface area (Å²) in [6.45, 7) is 4.64. The Bertz CT molecular complexity index is 1010. The summed E-state index contributed by atoms with van der Waals surface area (Å²) in [5.74, 6) is -1.33. The number of nitrogens with zero attached hydrogens (tertiary/aromatic N) is 4. The maximum atomic E-state index is 14.6. The summed E-state index contributed by atoms with van der Waals surface area (Å²) in [6, 6.07) is 2.38. The number of hydrogen-bond acceptors (Lipinski definition) is 9. The number of aliphatic imine (C=N–C) groups is 1. The molecule has 0 saturated heterocycles. The lowest BCUT2D eigenvalue weighted by Gasteiger charge is -2.52. The second-order valence-corrected chi connectivity index (χ2v) is 10.2. The highest BCUT2D eigenvalue weighted by molar-refractivity contribution is 8.26. The molecule has 3 rings (SSSR count). The van der Waals surface area contributed by atoms with Crippen molar-refractivity contribution in [1.82, 2.24) is 15.0 Å². The first kappa shape index (κ1) is 21.9. The molecular formula is C18H23FN6O4S. The van der Waals surface area contributed by atoms with Gasteiger partial charge in [0, 0.05) is 0 Å². The second-order valence-electron chi connectivity index (χ2n) is 7.52. The first-order valence-electron chi connectivity index (χ1n) is 8.85. The number of hydrogen-bond donors (Lipinski definition) is 4. The lowest BCUT2D eigenvalue weighted by Crippen LogP contribution is -2.52. The summed E-state index contributed by atoms with van der Waals surface area (Å²) < 4.78 is 39.6. The van der Waals surface area contributed by atoms with Gasteiger partial charge in [0.2, 0.25) is 5.88 Å². The molecule has 1 aliphatic rings. The fraction of sp³-hybridized carbons (Fsp3) is 0.389. The molecule has 1 amide bonds. The predicted molar refractivity (Wildman–Crippen MR) is 112 cm³/mol. The van der Waals surface area contributed by atoms with Crippen molar-refractivity contribution in [3.8, 4) is 5.88 Å². The summed E-state index contributed by atoms with van der Waals surface area (Å²) in [6.07, 6.45) is 2.51. The summed E-state index contributed by atoms with van der Waals surface area (Å²) in [5.41, 5.74) is 4.39. The van der Waals surface area contributed by atoms with Crippen molar-refractivity contribution in [2.24, 2.45) is 10.7 Å². The number of nitrogens with one attached hydrogen (secondary N) is 1. The van der Waals surface area contributed by atoms with Gasteiger partial charge in [0.1, 0.15) is 39.1 Å². The lowest BCUT2D eigenvalue weighted by molar-refractivity contribution is 0.102. The molecule has 2 aromatic heterocycles. The highest BCUT2D eigenvalue weighted by Gasteiger charge is 2.50. The minimum absolute atomic E-state index is 0.00513. The Hall–Kier alpha value is -2.83. The van der Waals surface area contributed by atoms with Gasteiger partial charge < -0.3 is 15.8 Å². The Labute approximate surface area is 174 Å². The molecule has 0 saturated carbocycles. The van der Waals surface area contributed by atoms with Crippen molar-refractivity contribution in [2.75, 3.05) is 18.2 Å². The zero-order valence-corrected chi connectivity index (χ0v) is 17.7. The summed E-state index contributed by atoms with van der Waals surface area (Å²) in [4.78, 5) is 28.7. The van der Waals surface area contributed by atoms with Crippen LogP contribution < -0.4 is 15.8 Å². The number of carbonyl (C=O) groups excluding carboxylic acids is 1. The van der Waals surface area contributed by atoms with Crippen molar-refractivity contribution < 1.29 is 23.0 Å². The number of amidine groups is 1. The van der Waals surface area contributed by atoms with Gasteiger partial charge in [0.25, 0.3) is 5.91 Å². The van der Waals surface area contributed by atoms with E-state index in [-0.39, 0.29) is 34.7 Å². The van der Waals surface area contributed by atoms with E-state index in [1.807, 2.05) is 0 Å². The molecule has 3 heterocycles. The molecule has 0 aromatic carbocycles. The van der Waals surface area contributed by atoms with Crippen molar-refractivity contribution >= 4 is 28.2 Å². The molecule has 0 fully saturated rings. The van der Waals surface area contributed by atoms with Gasteiger partial charge in [-0.2, -0.15) is 10.6 Å². The van der Waals surface area contributed by atoms with Gasteiger partial charge >= 0.3 is 0 Å². The van der Waals surface area contributed by atoms with Crippen LogP contribution in [-0.2, 0) is 5.54 Å². The zero-order valence-electron chi connectivity index (χ0n) is 16.9. The fourth-order valence-corrected chi connectivity index (χ4v) is 4.63. The third-order valence-electron chi connectivity index (χ3n) is 4.95. The average molecular weight is 438 g/mol. The Morgan fingerprint density at radius 1 is 1.27 bits per heavy atom. The predicted octanol–water partition coefficient (Wildman–Crippen LogP) is 2.39. The van der Waals surface area contributed by atoms with E-state index in [1.165, 1.54) is 32.5 Å².